The van der Waals surface area contributed by atoms with Gasteiger partial charge in [0.2, 0.25) is 10.0 Å². The van der Waals surface area contributed by atoms with E-state index >= 15 is 0 Å². The molecule has 30 heavy (non-hydrogen) atoms. The summed E-state index contributed by atoms with van der Waals surface area (Å²) >= 11 is 0. The Kier molecular flexibility index (Phi) is 7.52. The van der Waals surface area contributed by atoms with Gasteiger partial charge in [0.1, 0.15) is 5.76 Å². The van der Waals surface area contributed by atoms with Gasteiger partial charge in [0.15, 0.2) is 5.96 Å². The van der Waals surface area contributed by atoms with E-state index in [2.05, 4.69) is 20.5 Å². The van der Waals surface area contributed by atoms with Crippen molar-refractivity contribution in [2.75, 3.05) is 40.8 Å². The molecule has 0 amide bonds. The predicted octanol–water partition coefficient (Wildman–Crippen LogP) is 2.03. The first-order valence-electron chi connectivity index (χ1n) is 10.2. The largest absolute Gasteiger partial charge is 0.468 e. The highest BCUT2D eigenvalue weighted by molar-refractivity contribution is 7.89. The fourth-order valence-corrected chi connectivity index (χ4v) is 4.44. The van der Waals surface area contributed by atoms with E-state index in [0.29, 0.717) is 19.0 Å². The van der Waals surface area contributed by atoms with Crippen LogP contribution in [0.5, 0.6) is 0 Å². The van der Waals surface area contributed by atoms with E-state index in [1.807, 2.05) is 24.3 Å². The Morgan fingerprint density at radius 2 is 1.87 bits per heavy atom. The van der Waals surface area contributed by atoms with Gasteiger partial charge in [-0.1, -0.05) is 12.1 Å². The Hall–Kier alpha value is -2.36. The summed E-state index contributed by atoms with van der Waals surface area (Å²) in [6.45, 7) is 3.37. The minimum Gasteiger partial charge on any atom is -0.468 e. The SMILES string of the molecule is CN=C(NCc1ccc(S(=O)(=O)N(C)C)cc1)NCC(c1ccco1)N1CCCC1. The summed E-state index contributed by atoms with van der Waals surface area (Å²) in [5, 5.41) is 6.68. The van der Waals surface area contributed by atoms with Crippen molar-refractivity contribution in [1.82, 2.24) is 19.8 Å². The molecule has 0 spiro atoms. The number of rotatable bonds is 8. The smallest absolute Gasteiger partial charge is 0.242 e. The molecule has 1 aromatic heterocycles. The highest BCUT2D eigenvalue weighted by Gasteiger charge is 2.25. The topological polar surface area (TPSA) is 90.2 Å². The molecule has 1 aliphatic heterocycles. The Morgan fingerprint density at radius 3 is 2.43 bits per heavy atom. The molecule has 0 saturated carbocycles. The maximum absolute atomic E-state index is 12.2. The minimum atomic E-state index is -3.41. The van der Waals surface area contributed by atoms with Crippen molar-refractivity contribution >= 4 is 16.0 Å². The molecule has 1 atom stereocenters. The van der Waals surface area contributed by atoms with Gasteiger partial charge in [-0.15, -0.1) is 0 Å². The first-order valence-corrected chi connectivity index (χ1v) is 11.6. The third-order valence-corrected chi connectivity index (χ3v) is 7.13. The second-order valence-electron chi connectivity index (χ2n) is 7.51. The third kappa shape index (κ3) is 5.41. The lowest BCUT2D eigenvalue weighted by Gasteiger charge is -2.26. The monoisotopic (exact) mass is 433 g/mol. The summed E-state index contributed by atoms with van der Waals surface area (Å²) in [6, 6.07) is 11.0. The molecule has 2 N–H and O–H groups in total. The van der Waals surface area contributed by atoms with Crippen LogP contribution in [0.15, 0.2) is 57.0 Å². The van der Waals surface area contributed by atoms with Gasteiger partial charge in [-0.05, 0) is 55.8 Å². The molecule has 9 heteroatoms. The van der Waals surface area contributed by atoms with Crippen molar-refractivity contribution in [3.05, 3.63) is 54.0 Å². The molecule has 1 aromatic carbocycles. The number of furan rings is 1. The third-order valence-electron chi connectivity index (χ3n) is 5.30. The van der Waals surface area contributed by atoms with Crippen molar-refractivity contribution in [1.29, 1.82) is 0 Å². The Morgan fingerprint density at radius 1 is 1.17 bits per heavy atom. The first kappa shape index (κ1) is 22.3. The van der Waals surface area contributed by atoms with Crippen LogP contribution in [0.4, 0.5) is 0 Å². The first-order chi connectivity index (χ1) is 14.4. The molecule has 2 heterocycles. The van der Waals surface area contributed by atoms with Gasteiger partial charge in [0.25, 0.3) is 0 Å². The molecule has 1 saturated heterocycles. The van der Waals surface area contributed by atoms with Crippen molar-refractivity contribution in [3.8, 4) is 0 Å². The Balaban J connectivity index is 1.57. The maximum atomic E-state index is 12.2. The van der Waals surface area contributed by atoms with E-state index in [9.17, 15) is 8.42 Å². The van der Waals surface area contributed by atoms with E-state index in [-0.39, 0.29) is 10.9 Å². The summed E-state index contributed by atoms with van der Waals surface area (Å²) in [6.07, 6.45) is 4.14. The van der Waals surface area contributed by atoms with Crippen molar-refractivity contribution in [2.24, 2.45) is 4.99 Å². The molecule has 0 aliphatic carbocycles. The summed E-state index contributed by atoms with van der Waals surface area (Å²) in [5.41, 5.74) is 0.970. The molecular weight excluding hydrogens is 402 g/mol. The average Bonchev–Trinajstić information content (AvgIpc) is 3.45. The number of nitrogens with one attached hydrogen (secondary N) is 2. The zero-order chi connectivity index (χ0) is 21.6. The minimum absolute atomic E-state index is 0.163. The number of guanidine groups is 1. The van der Waals surface area contributed by atoms with Gasteiger partial charge >= 0.3 is 0 Å². The van der Waals surface area contributed by atoms with Gasteiger partial charge in [-0.2, -0.15) is 0 Å². The van der Waals surface area contributed by atoms with E-state index in [1.165, 1.54) is 31.2 Å². The molecule has 164 valence electrons. The molecule has 1 unspecified atom stereocenters. The molecular formula is C21H31N5O3S. The number of benzene rings is 1. The van der Waals surface area contributed by atoms with E-state index < -0.39 is 10.0 Å². The van der Waals surface area contributed by atoms with Crippen LogP contribution < -0.4 is 10.6 Å². The lowest BCUT2D eigenvalue weighted by molar-refractivity contribution is 0.215. The maximum Gasteiger partial charge on any atom is 0.242 e. The number of nitrogens with zero attached hydrogens (tertiary/aromatic N) is 3. The summed E-state index contributed by atoms with van der Waals surface area (Å²) < 4.78 is 31.2. The molecule has 8 nitrogen and oxygen atoms in total. The molecule has 1 aliphatic rings. The standard InChI is InChI=1S/C21H31N5O3S/c1-22-21(23-15-17-8-10-18(11-9-17)30(27,28)25(2)3)24-16-19(20-7-6-14-29-20)26-12-4-5-13-26/h6-11,14,19H,4-5,12-13,15-16H2,1-3H3,(H2,22,23,24). The fourth-order valence-electron chi connectivity index (χ4n) is 3.53. The lowest BCUT2D eigenvalue weighted by atomic mass is 10.2. The zero-order valence-corrected chi connectivity index (χ0v) is 18.7. The van der Waals surface area contributed by atoms with Crippen molar-refractivity contribution < 1.29 is 12.8 Å². The van der Waals surface area contributed by atoms with Crippen LogP contribution in [0.3, 0.4) is 0 Å². The lowest BCUT2D eigenvalue weighted by Crippen LogP contribution is -2.42. The van der Waals surface area contributed by atoms with Gasteiger partial charge in [0.05, 0.1) is 17.2 Å². The van der Waals surface area contributed by atoms with Crippen LogP contribution in [0.25, 0.3) is 0 Å². The molecule has 2 aromatic rings. The number of hydrogen-bond donors (Lipinski definition) is 2. The summed E-state index contributed by atoms with van der Waals surface area (Å²) in [4.78, 5) is 7.02. The number of likely N-dealkylation sites (tertiary alicyclic amines) is 1. The van der Waals surface area contributed by atoms with E-state index in [0.717, 1.165) is 24.4 Å². The number of sulfonamides is 1. The average molecular weight is 434 g/mol. The van der Waals surface area contributed by atoms with Crippen LogP contribution in [0.1, 0.15) is 30.2 Å². The Labute approximate surface area is 179 Å². The second-order valence-corrected chi connectivity index (χ2v) is 9.66. The van der Waals surface area contributed by atoms with Crippen LogP contribution >= 0.6 is 0 Å². The highest BCUT2D eigenvalue weighted by Crippen LogP contribution is 2.24. The Bertz CT molecular complexity index is 918. The van der Waals surface area contributed by atoms with Gasteiger partial charge in [0, 0.05) is 34.2 Å². The predicted molar refractivity (Wildman–Crippen MR) is 118 cm³/mol. The van der Waals surface area contributed by atoms with Crippen molar-refractivity contribution in [3.63, 3.8) is 0 Å². The second kappa shape index (κ2) is 10.1. The molecule has 1 fully saturated rings. The van der Waals surface area contributed by atoms with Crippen molar-refractivity contribution in [2.45, 2.75) is 30.3 Å². The molecule has 0 bridgehead atoms. The van der Waals surface area contributed by atoms with Crippen LogP contribution in [0.2, 0.25) is 0 Å². The molecule has 0 radical (unpaired) electrons. The van der Waals surface area contributed by atoms with Gasteiger partial charge in [-0.25, -0.2) is 12.7 Å². The molecule has 3 rings (SSSR count). The normalized spacial score (nSPS) is 16.7. The van der Waals surface area contributed by atoms with Crippen LogP contribution in [-0.2, 0) is 16.6 Å². The zero-order valence-electron chi connectivity index (χ0n) is 17.8. The van der Waals surface area contributed by atoms with Gasteiger partial charge in [-0.3, -0.25) is 9.89 Å². The number of hydrogen-bond acceptors (Lipinski definition) is 5. The fraction of sp³-hybridized carbons (Fsp3) is 0.476. The quantitative estimate of drug-likeness (QED) is 0.489. The number of aliphatic imine (C=N–C) groups is 1. The van der Waals surface area contributed by atoms with E-state index in [1.54, 1.807) is 25.4 Å². The van der Waals surface area contributed by atoms with Crippen LogP contribution in [0, 0.1) is 0 Å². The van der Waals surface area contributed by atoms with Crippen LogP contribution in [-0.4, -0.2) is 64.4 Å². The van der Waals surface area contributed by atoms with E-state index in [4.69, 9.17) is 4.42 Å². The summed E-state index contributed by atoms with van der Waals surface area (Å²) in [7, 11) is 1.37. The van der Waals surface area contributed by atoms with Gasteiger partial charge < -0.3 is 15.1 Å². The highest BCUT2D eigenvalue weighted by atomic mass is 32.2. The summed E-state index contributed by atoms with van der Waals surface area (Å²) in [5.74, 6) is 1.65.